The Hall–Kier alpha value is -5.17. The minimum absolute atomic E-state index is 0.446. The topological polar surface area (TPSA) is 49.7 Å². The first-order valence-corrected chi connectivity index (χ1v) is 18.9. The molecule has 0 bridgehead atoms. The molecular formula is C42H32BF5O3P2. The molecule has 0 unspecified atom stereocenters. The first-order chi connectivity index (χ1) is 25.8. The molecule has 0 amide bonds. The molecule has 7 aromatic rings. The molecule has 0 spiro atoms. The van der Waals surface area contributed by atoms with E-state index < -0.39 is 58.0 Å². The van der Waals surface area contributed by atoms with Gasteiger partial charge in [-0.1, -0.05) is 182 Å². The fourth-order valence-corrected chi connectivity index (χ4v) is 9.76. The highest BCUT2D eigenvalue weighted by molar-refractivity contribution is 7.80. The van der Waals surface area contributed by atoms with Crippen LogP contribution in [0.3, 0.4) is 0 Å². The summed E-state index contributed by atoms with van der Waals surface area (Å²) in [7, 11) is -3.59. The van der Waals surface area contributed by atoms with Gasteiger partial charge in [0.2, 0.25) is 29.1 Å². The lowest BCUT2D eigenvalue weighted by Gasteiger charge is -2.18. The molecule has 0 heterocycles. The van der Waals surface area contributed by atoms with E-state index in [0.717, 1.165) is 0 Å². The second-order valence-electron chi connectivity index (χ2n) is 11.0. The summed E-state index contributed by atoms with van der Waals surface area (Å²) in [6.07, 6.45) is 0. The van der Waals surface area contributed by atoms with E-state index in [-0.39, 0.29) is 0 Å². The molecular weight excluding hydrogens is 720 g/mol. The van der Waals surface area contributed by atoms with Gasteiger partial charge in [0.1, 0.15) is 0 Å². The van der Waals surface area contributed by atoms with Crippen molar-refractivity contribution >= 4 is 55.0 Å². The maximum atomic E-state index is 12.7. The molecule has 0 atom stereocenters. The van der Waals surface area contributed by atoms with Gasteiger partial charge in [0, 0.05) is 0 Å². The van der Waals surface area contributed by atoms with Crippen LogP contribution in [0.1, 0.15) is 0 Å². The van der Waals surface area contributed by atoms with Crippen molar-refractivity contribution in [2.45, 2.75) is 0 Å². The number of halogens is 5. The third-order valence-electron chi connectivity index (χ3n) is 7.48. The summed E-state index contributed by atoms with van der Waals surface area (Å²) in [5.41, 5.74) is 0. The molecule has 3 nitrogen and oxygen atoms in total. The van der Waals surface area contributed by atoms with Gasteiger partial charge >= 0.3 is 7.32 Å². The molecule has 7 rings (SSSR count). The van der Waals surface area contributed by atoms with Crippen molar-refractivity contribution in [3.63, 3.8) is 0 Å². The van der Waals surface area contributed by atoms with Crippen LogP contribution in [-0.4, -0.2) is 17.4 Å². The van der Waals surface area contributed by atoms with E-state index in [2.05, 4.69) is 187 Å². The minimum atomic E-state index is -2.70. The van der Waals surface area contributed by atoms with Gasteiger partial charge in [0.05, 0.1) is 0 Å². The zero-order chi connectivity index (χ0) is 37.6. The summed E-state index contributed by atoms with van der Waals surface area (Å²) in [4.78, 5) is 0. The Morgan fingerprint density at radius 2 is 0.509 bits per heavy atom. The van der Waals surface area contributed by atoms with E-state index in [4.69, 9.17) is 10.0 Å². The van der Waals surface area contributed by atoms with Gasteiger partial charge in [-0.05, 0) is 47.7 Å². The Balaban J connectivity index is 0.000000155. The zero-order valence-corrected chi connectivity index (χ0v) is 29.8. The second-order valence-corrected chi connectivity index (χ2v) is 15.5. The molecule has 11 heteroatoms. The van der Waals surface area contributed by atoms with Crippen LogP contribution in [-0.2, 0) is 0 Å². The van der Waals surface area contributed by atoms with Crippen molar-refractivity contribution in [3.05, 3.63) is 211 Å². The van der Waals surface area contributed by atoms with Crippen LogP contribution in [0, 0.1) is 29.1 Å². The Bertz CT molecular complexity index is 1800. The Kier molecular flexibility index (Phi) is 14.4. The molecule has 2 N–H and O–H groups in total. The summed E-state index contributed by atoms with van der Waals surface area (Å²) >= 11 is 0. The van der Waals surface area contributed by atoms with Crippen molar-refractivity contribution in [1.29, 1.82) is 0 Å². The van der Waals surface area contributed by atoms with Gasteiger partial charge in [-0.15, -0.1) is 0 Å². The first-order valence-electron chi connectivity index (χ1n) is 16.2. The number of hydrogen-bond acceptors (Lipinski definition) is 3. The van der Waals surface area contributed by atoms with E-state index in [1.54, 1.807) is 0 Å². The third kappa shape index (κ3) is 10.5. The highest BCUT2D eigenvalue weighted by Crippen LogP contribution is 2.33. The fourth-order valence-electron chi connectivity index (χ4n) is 5.15. The molecule has 0 aliphatic rings. The molecule has 0 radical (unpaired) electrons. The molecule has 0 aromatic heterocycles. The molecule has 0 saturated heterocycles. The monoisotopic (exact) mass is 752 g/mol. The van der Waals surface area contributed by atoms with Crippen LogP contribution in [0.5, 0.6) is 5.75 Å². The SMILES string of the molecule is OB(O)Oc1c(F)c(F)c(F)c(F)c1F.c1ccc(P(c2ccccc2)c2ccccc2)cc1.c1ccc(P(c2ccccc2)c2ccccc2)cc1. The molecule has 0 aliphatic heterocycles. The van der Waals surface area contributed by atoms with Crippen molar-refractivity contribution in [1.82, 2.24) is 0 Å². The Morgan fingerprint density at radius 1 is 0.321 bits per heavy atom. The van der Waals surface area contributed by atoms with Crippen molar-refractivity contribution in [3.8, 4) is 5.75 Å². The van der Waals surface area contributed by atoms with Crippen molar-refractivity contribution in [2.75, 3.05) is 0 Å². The van der Waals surface area contributed by atoms with Gasteiger partial charge < -0.3 is 14.7 Å². The molecule has 7 aromatic carbocycles. The van der Waals surface area contributed by atoms with Crippen LogP contribution < -0.4 is 36.5 Å². The largest absolute Gasteiger partial charge is 0.707 e. The standard InChI is InChI=1S/2C18H15P.C6H2BF5O3/c2*1-4-10-16(11-5-1)19(17-12-6-2-7-13-17)18-14-8-3-9-15-18;8-1-2(9)4(11)6(15-7(13)14)5(12)3(1)10/h2*1-15H;13-14H. The van der Waals surface area contributed by atoms with Crippen LogP contribution in [0.15, 0.2) is 182 Å². The van der Waals surface area contributed by atoms with E-state index >= 15 is 0 Å². The van der Waals surface area contributed by atoms with E-state index in [1.807, 2.05) is 0 Å². The summed E-state index contributed by atoms with van der Waals surface area (Å²) in [5.74, 6) is -13.1. The average Bonchev–Trinajstić information content (AvgIpc) is 3.21. The fraction of sp³-hybridized carbons (Fsp3) is 0. The van der Waals surface area contributed by atoms with Crippen LogP contribution >= 0.6 is 15.8 Å². The quantitative estimate of drug-likeness (QED) is 0.0553. The zero-order valence-electron chi connectivity index (χ0n) is 28.0. The summed E-state index contributed by atoms with van der Waals surface area (Å²) in [6.45, 7) is 0. The van der Waals surface area contributed by atoms with E-state index in [0.29, 0.717) is 0 Å². The number of rotatable bonds is 8. The number of hydrogen-bond donors (Lipinski definition) is 2. The molecule has 0 fully saturated rings. The normalized spacial score (nSPS) is 10.5. The predicted molar refractivity (Wildman–Crippen MR) is 207 cm³/mol. The summed E-state index contributed by atoms with van der Waals surface area (Å²) in [5, 5.41) is 24.7. The summed E-state index contributed by atoms with van der Waals surface area (Å²) < 4.78 is 66.3. The lowest BCUT2D eigenvalue weighted by atomic mass is 10.2. The molecule has 266 valence electrons. The van der Waals surface area contributed by atoms with E-state index in [1.165, 1.54) is 31.8 Å². The highest BCUT2D eigenvalue weighted by Gasteiger charge is 2.29. The lowest BCUT2D eigenvalue weighted by Crippen LogP contribution is -2.23. The third-order valence-corrected chi connectivity index (χ3v) is 12.4. The van der Waals surface area contributed by atoms with Gasteiger partial charge in [-0.2, -0.15) is 8.78 Å². The minimum Gasteiger partial charge on any atom is -0.507 e. The average molecular weight is 752 g/mol. The molecule has 0 aliphatic carbocycles. The summed E-state index contributed by atoms with van der Waals surface area (Å²) in [6, 6.07) is 64.7. The van der Waals surface area contributed by atoms with Gasteiger partial charge in [-0.3, -0.25) is 0 Å². The van der Waals surface area contributed by atoms with Crippen molar-refractivity contribution < 1.29 is 36.7 Å². The molecule has 53 heavy (non-hydrogen) atoms. The van der Waals surface area contributed by atoms with Gasteiger partial charge in [0.25, 0.3) is 0 Å². The van der Waals surface area contributed by atoms with Crippen LogP contribution in [0.2, 0.25) is 0 Å². The maximum Gasteiger partial charge on any atom is 0.707 e. The van der Waals surface area contributed by atoms with Crippen LogP contribution in [0.4, 0.5) is 22.0 Å². The smallest absolute Gasteiger partial charge is 0.507 e. The lowest BCUT2D eigenvalue weighted by molar-refractivity contribution is 0.263. The highest BCUT2D eigenvalue weighted by atomic mass is 31.1. The van der Waals surface area contributed by atoms with Gasteiger partial charge in [-0.25, -0.2) is 13.2 Å². The number of benzene rings is 7. The molecule has 0 saturated carbocycles. The Morgan fingerprint density at radius 3 is 0.698 bits per heavy atom. The van der Waals surface area contributed by atoms with Crippen molar-refractivity contribution in [2.24, 2.45) is 0 Å². The van der Waals surface area contributed by atoms with Crippen LogP contribution in [0.25, 0.3) is 0 Å². The predicted octanol–water partition coefficient (Wildman–Crippen LogP) is 7.62. The van der Waals surface area contributed by atoms with Gasteiger partial charge in [0.15, 0.2) is 5.75 Å². The second kappa shape index (κ2) is 19.6. The Labute approximate surface area is 307 Å². The first kappa shape index (κ1) is 39.1. The van der Waals surface area contributed by atoms with E-state index in [9.17, 15) is 22.0 Å². The maximum absolute atomic E-state index is 12.7.